The number of hydrogen-bond acceptors (Lipinski definition) is 6. The van der Waals surface area contributed by atoms with Crippen LogP contribution >= 0.6 is 11.6 Å². The number of aromatic nitrogens is 1. The number of anilines is 1. The quantitative estimate of drug-likeness (QED) is 0.419. The van der Waals surface area contributed by atoms with Gasteiger partial charge in [0.2, 0.25) is 0 Å². The Morgan fingerprint density at radius 3 is 2.26 bits per heavy atom. The summed E-state index contributed by atoms with van der Waals surface area (Å²) in [5.41, 5.74) is 0.222. The van der Waals surface area contributed by atoms with E-state index in [2.05, 4.69) is 35.4 Å². The summed E-state index contributed by atoms with van der Waals surface area (Å²) in [5.74, 6) is 0. The zero-order valence-electron chi connectivity index (χ0n) is 22.8. The van der Waals surface area contributed by atoms with Crippen LogP contribution in [0.15, 0.2) is 18.3 Å². The van der Waals surface area contributed by atoms with Crippen LogP contribution in [-0.2, 0) is 16.1 Å². The van der Waals surface area contributed by atoms with Gasteiger partial charge in [-0.05, 0) is 71.9 Å². The van der Waals surface area contributed by atoms with Crippen molar-refractivity contribution in [3.05, 3.63) is 23.5 Å². The molecule has 7 nitrogen and oxygen atoms in total. The largest absolute Gasteiger partial charge is 0.598 e. The molecule has 2 saturated heterocycles. The molecule has 0 aliphatic carbocycles. The number of carbonyl (C=O) groups excluding carboxylic acids is 1. The maximum absolute atomic E-state index is 13.3. The molecule has 1 aromatic heterocycles. The zero-order valence-corrected chi connectivity index (χ0v) is 24.3. The Morgan fingerprint density at radius 2 is 1.77 bits per heavy atom. The van der Waals surface area contributed by atoms with E-state index in [1.807, 2.05) is 58.6 Å². The number of halogens is 1. The maximum atomic E-state index is 13.3. The third kappa shape index (κ3) is 6.38. The van der Waals surface area contributed by atoms with Crippen molar-refractivity contribution in [2.75, 3.05) is 24.5 Å². The number of rotatable bonds is 3. The van der Waals surface area contributed by atoms with Crippen LogP contribution in [0.5, 0.6) is 0 Å². The maximum Gasteiger partial charge on any atom is 0.410 e. The zero-order chi connectivity index (χ0) is 26.4. The lowest BCUT2D eigenvalue weighted by Crippen LogP contribution is -2.60. The first-order chi connectivity index (χ1) is 15.9. The molecule has 2 fully saturated rings. The van der Waals surface area contributed by atoms with Crippen molar-refractivity contribution in [2.45, 2.75) is 97.6 Å². The normalized spacial score (nSPS) is 24.1. The number of piperidine rings is 1. The second kappa shape index (κ2) is 9.92. The van der Waals surface area contributed by atoms with E-state index < -0.39 is 17.0 Å². The molecule has 0 saturated carbocycles. The topological polar surface area (TPSA) is 80.8 Å². The van der Waals surface area contributed by atoms with Crippen LogP contribution in [0.3, 0.4) is 0 Å². The van der Waals surface area contributed by atoms with Gasteiger partial charge in [-0.15, -0.1) is 4.72 Å². The average molecular weight is 527 g/mol. The molecule has 3 atom stereocenters. The Kier molecular flexibility index (Phi) is 8.03. The summed E-state index contributed by atoms with van der Waals surface area (Å²) >= 11 is 5.07. The Hall–Kier alpha value is -1.22. The van der Waals surface area contributed by atoms with Crippen molar-refractivity contribution in [3.8, 4) is 0 Å². The standard InChI is InChI=1S/C26H43ClN4O3S/c1-23(2,3)21-26(11-14-30(15-12-26)22(32)34-24(4,5)6)19(29-35(33)25(7,8)9)17-31(21)18-10-13-28-20(27)16-18/h10,13,16,19,21,29H,11-12,14-15,17H2,1-9H3/t19?,21-,35?/m0/s1. The molecule has 0 aromatic carbocycles. The highest BCUT2D eigenvalue weighted by molar-refractivity contribution is 7.90. The van der Waals surface area contributed by atoms with E-state index in [1.54, 1.807) is 6.20 Å². The summed E-state index contributed by atoms with van der Waals surface area (Å²) in [7, 11) is 0. The second-order valence-electron chi connectivity index (χ2n) is 13.0. The number of ether oxygens (including phenoxy) is 1. The molecular weight excluding hydrogens is 484 g/mol. The molecule has 35 heavy (non-hydrogen) atoms. The van der Waals surface area contributed by atoms with Gasteiger partial charge >= 0.3 is 6.09 Å². The van der Waals surface area contributed by atoms with Crippen LogP contribution in [0.1, 0.15) is 75.2 Å². The van der Waals surface area contributed by atoms with Gasteiger partial charge in [-0.1, -0.05) is 32.4 Å². The summed E-state index contributed by atoms with van der Waals surface area (Å²) < 4.78 is 22.1. The monoisotopic (exact) mass is 526 g/mol. The first-order valence-electron chi connectivity index (χ1n) is 12.5. The van der Waals surface area contributed by atoms with Gasteiger partial charge in [0, 0.05) is 54.3 Å². The number of likely N-dealkylation sites (tertiary alicyclic amines) is 1. The van der Waals surface area contributed by atoms with Gasteiger partial charge in [-0.25, -0.2) is 9.78 Å². The Labute approximate surface area is 219 Å². The SMILES string of the molecule is CC(C)(C)OC(=O)N1CCC2(CC1)C(N[S+]([O-])C(C)(C)C)CN(c1ccnc(Cl)c1)[C@H]2C(C)(C)C. The highest BCUT2D eigenvalue weighted by atomic mass is 35.5. The minimum absolute atomic E-state index is 0.0143. The molecule has 3 heterocycles. The number of pyridine rings is 1. The molecule has 2 aliphatic rings. The third-order valence-electron chi connectivity index (χ3n) is 6.94. The van der Waals surface area contributed by atoms with Crippen LogP contribution in [-0.4, -0.2) is 62.6 Å². The number of nitrogens with one attached hydrogen (secondary N) is 1. The van der Waals surface area contributed by atoms with E-state index >= 15 is 0 Å². The third-order valence-corrected chi connectivity index (χ3v) is 8.76. The van der Waals surface area contributed by atoms with Crippen LogP contribution in [0, 0.1) is 10.8 Å². The summed E-state index contributed by atoms with van der Waals surface area (Å²) in [6.45, 7) is 20.3. The van der Waals surface area contributed by atoms with Crippen molar-refractivity contribution in [1.82, 2.24) is 14.6 Å². The van der Waals surface area contributed by atoms with Gasteiger partial charge < -0.3 is 19.1 Å². The van der Waals surface area contributed by atoms with E-state index in [0.717, 1.165) is 18.5 Å². The molecule has 198 valence electrons. The molecule has 1 amide bonds. The van der Waals surface area contributed by atoms with Gasteiger partial charge in [0.25, 0.3) is 0 Å². The minimum Gasteiger partial charge on any atom is -0.598 e. The summed E-state index contributed by atoms with van der Waals surface area (Å²) in [4.78, 5) is 21.2. The lowest BCUT2D eigenvalue weighted by atomic mass is 9.63. The summed E-state index contributed by atoms with van der Waals surface area (Å²) in [5, 5.41) is 0.457. The van der Waals surface area contributed by atoms with E-state index in [9.17, 15) is 9.35 Å². The average Bonchev–Trinajstić information content (AvgIpc) is 3.00. The fourth-order valence-electron chi connectivity index (χ4n) is 5.65. The predicted molar refractivity (Wildman–Crippen MR) is 144 cm³/mol. The lowest BCUT2D eigenvalue weighted by molar-refractivity contribution is -0.000783. The molecule has 9 heteroatoms. The molecule has 0 radical (unpaired) electrons. The molecule has 2 aliphatic heterocycles. The molecule has 1 aromatic rings. The van der Waals surface area contributed by atoms with Gasteiger partial charge in [0.15, 0.2) is 0 Å². The lowest BCUT2D eigenvalue weighted by Gasteiger charge is -2.51. The molecular formula is C26H43ClN4O3S. The van der Waals surface area contributed by atoms with Crippen molar-refractivity contribution in [1.29, 1.82) is 0 Å². The molecule has 1 N–H and O–H groups in total. The molecule has 1 spiro atoms. The van der Waals surface area contributed by atoms with E-state index in [1.165, 1.54) is 0 Å². The highest BCUT2D eigenvalue weighted by Crippen LogP contribution is 2.53. The van der Waals surface area contributed by atoms with Crippen LogP contribution < -0.4 is 9.62 Å². The number of nitrogens with zero attached hydrogens (tertiary/aromatic N) is 3. The van der Waals surface area contributed by atoms with Crippen molar-refractivity contribution < 1.29 is 14.1 Å². The summed E-state index contributed by atoms with van der Waals surface area (Å²) in [6, 6.07) is 4.03. The van der Waals surface area contributed by atoms with E-state index in [0.29, 0.717) is 24.8 Å². The molecule has 0 bridgehead atoms. The Morgan fingerprint density at radius 1 is 1.17 bits per heavy atom. The Balaban J connectivity index is 1.99. The minimum atomic E-state index is -1.22. The molecule has 2 unspecified atom stereocenters. The van der Waals surface area contributed by atoms with Crippen molar-refractivity contribution >= 4 is 34.7 Å². The molecule has 3 rings (SSSR count). The van der Waals surface area contributed by atoms with Gasteiger partial charge in [-0.2, -0.15) is 0 Å². The number of hydrogen-bond donors (Lipinski definition) is 1. The van der Waals surface area contributed by atoms with E-state index in [-0.39, 0.29) is 33.8 Å². The Bertz CT molecular complexity index is 901. The van der Waals surface area contributed by atoms with Gasteiger partial charge in [-0.3, -0.25) is 0 Å². The number of amides is 1. The second-order valence-corrected chi connectivity index (χ2v) is 15.4. The first-order valence-corrected chi connectivity index (χ1v) is 14.0. The first kappa shape index (κ1) is 28.4. The van der Waals surface area contributed by atoms with E-state index in [4.69, 9.17) is 16.3 Å². The smallest absolute Gasteiger partial charge is 0.410 e. The van der Waals surface area contributed by atoms with Crippen molar-refractivity contribution in [3.63, 3.8) is 0 Å². The predicted octanol–water partition coefficient (Wildman–Crippen LogP) is 5.41. The van der Waals surface area contributed by atoms with Gasteiger partial charge in [0.05, 0.1) is 6.04 Å². The summed E-state index contributed by atoms with van der Waals surface area (Å²) in [6.07, 6.45) is 3.06. The number of carbonyl (C=O) groups is 1. The fraction of sp³-hybridized carbons (Fsp3) is 0.769. The van der Waals surface area contributed by atoms with Crippen LogP contribution in [0.25, 0.3) is 0 Å². The highest BCUT2D eigenvalue weighted by Gasteiger charge is 2.60. The van der Waals surface area contributed by atoms with Crippen LogP contribution in [0.4, 0.5) is 10.5 Å². The fourth-order valence-corrected chi connectivity index (χ4v) is 6.74. The van der Waals surface area contributed by atoms with Crippen LogP contribution in [0.2, 0.25) is 5.15 Å². The van der Waals surface area contributed by atoms with Gasteiger partial charge in [0.1, 0.15) is 15.5 Å². The van der Waals surface area contributed by atoms with Crippen molar-refractivity contribution in [2.24, 2.45) is 10.8 Å².